The molecule has 3 rings (SSSR count). The standard InChI is InChI=1S/C19H19NO4/c1-23-17-7-3-6-15(11-17)19(22)24-12-18(21)20-16-9-8-13-4-2-5-14(13)10-16/h3,6-11H,2,4-5,12H2,1H3,(H,20,21). The highest BCUT2D eigenvalue weighted by Gasteiger charge is 2.13. The lowest BCUT2D eigenvalue weighted by molar-refractivity contribution is -0.119. The molecule has 0 spiro atoms. The fourth-order valence-electron chi connectivity index (χ4n) is 2.81. The molecule has 2 aromatic carbocycles. The molecule has 2 aromatic rings. The van der Waals surface area contributed by atoms with Crippen LogP contribution >= 0.6 is 0 Å². The Morgan fingerprint density at radius 3 is 2.75 bits per heavy atom. The highest BCUT2D eigenvalue weighted by molar-refractivity contribution is 5.95. The van der Waals surface area contributed by atoms with Gasteiger partial charge in [0.05, 0.1) is 12.7 Å². The molecule has 0 aromatic heterocycles. The molecule has 1 amide bonds. The van der Waals surface area contributed by atoms with Crippen molar-refractivity contribution >= 4 is 17.6 Å². The van der Waals surface area contributed by atoms with E-state index in [2.05, 4.69) is 5.32 Å². The molecule has 0 fully saturated rings. The number of benzene rings is 2. The van der Waals surface area contributed by atoms with Crippen molar-refractivity contribution in [2.24, 2.45) is 0 Å². The SMILES string of the molecule is COc1cccc(C(=O)OCC(=O)Nc2ccc3c(c2)CCC3)c1. The number of hydrogen-bond donors (Lipinski definition) is 1. The second-order valence-electron chi connectivity index (χ2n) is 5.69. The minimum absolute atomic E-state index is 0.326. The molecule has 0 aliphatic heterocycles. The molecule has 124 valence electrons. The third-order valence-electron chi connectivity index (χ3n) is 4.02. The predicted octanol–water partition coefficient (Wildman–Crippen LogP) is 2.98. The Bertz CT molecular complexity index is 770. The predicted molar refractivity (Wildman–Crippen MR) is 90.4 cm³/mol. The van der Waals surface area contributed by atoms with Crippen molar-refractivity contribution in [1.82, 2.24) is 0 Å². The van der Waals surface area contributed by atoms with Crippen LogP contribution in [0.4, 0.5) is 5.69 Å². The number of ether oxygens (including phenoxy) is 2. The third kappa shape index (κ3) is 3.74. The first-order valence-corrected chi connectivity index (χ1v) is 7.88. The topological polar surface area (TPSA) is 64.6 Å². The van der Waals surface area contributed by atoms with Crippen LogP contribution in [0, 0.1) is 0 Å². The lowest BCUT2D eigenvalue weighted by Crippen LogP contribution is -2.21. The normalized spacial score (nSPS) is 12.4. The Labute approximate surface area is 140 Å². The van der Waals surface area contributed by atoms with Crippen LogP contribution in [0.1, 0.15) is 27.9 Å². The summed E-state index contributed by atoms with van der Waals surface area (Å²) >= 11 is 0. The number of aryl methyl sites for hydroxylation is 2. The summed E-state index contributed by atoms with van der Waals surface area (Å²) in [6, 6.07) is 12.5. The van der Waals surface area contributed by atoms with Gasteiger partial charge in [0, 0.05) is 5.69 Å². The Morgan fingerprint density at radius 1 is 1.08 bits per heavy atom. The average molecular weight is 325 g/mol. The number of esters is 1. The Balaban J connectivity index is 1.54. The van der Waals surface area contributed by atoms with Crippen LogP contribution in [0.15, 0.2) is 42.5 Å². The first-order chi connectivity index (χ1) is 11.7. The fraction of sp³-hybridized carbons (Fsp3) is 0.263. The van der Waals surface area contributed by atoms with Crippen LogP contribution in [0.3, 0.4) is 0 Å². The van der Waals surface area contributed by atoms with Crippen LogP contribution in [0.25, 0.3) is 0 Å². The highest BCUT2D eigenvalue weighted by atomic mass is 16.5. The van der Waals surface area contributed by atoms with Crippen molar-refractivity contribution in [3.63, 3.8) is 0 Å². The molecule has 24 heavy (non-hydrogen) atoms. The number of nitrogens with one attached hydrogen (secondary N) is 1. The summed E-state index contributed by atoms with van der Waals surface area (Å²) in [5.41, 5.74) is 3.70. The molecular formula is C19H19NO4. The zero-order valence-corrected chi connectivity index (χ0v) is 13.5. The van der Waals surface area contributed by atoms with Crippen LogP contribution in [-0.4, -0.2) is 25.6 Å². The van der Waals surface area contributed by atoms with Gasteiger partial charge in [-0.1, -0.05) is 12.1 Å². The molecule has 1 aliphatic rings. The third-order valence-corrected chi connectivity index (χ3v) is 4.02. The maximum atomic E-state index is 12.0. The van der Waals surface area contributed by atoms with Crippen molar-refractivity contribution in [3.05, 3.63) is 59.2 Å². The number of fused-ring (bicyclic) bond motifs is 1. The molecule has 1 N–H and O–H groups in total. The summed E-state index contributed by atoms with van der Waals surface area (Å²) < 4.78 is 10.1. The second kappa shape index (κ2) is 7.17. The number of rotatable bonds is 5. The number of carbonyl (C=O) groups is 2. The highest BCUT2D eigenvalue weighted by Crippen LogP contribution is 2.24. The Hall–Kier alpha value is -2.82. The van der Waals surface area contributed by atoms with E-state index in [1.807, 2.05) is 18.2 Å². The minimum atomic E-state index is -0.557. The van der Waals surface area contributed by atoms with Crippen LogP contribution in [0.5, 0.6) is 5.75 Å². The maximum absolute atomic E-state index is 12.0. The Morgan fingerprint density at radius 2 is 1.92 bits per heavy atom. The molecule has 5 heteroatoms. The average Bonchev–Trinajstić information content (AvgIpc) is 3.07. The zero-order valence-electron chi connectivity index (χ0n) is 13.5. The molecule has 0 saturated heterocycles. The molecule has 0 unspecified atom stereocenters. The molecular weight excluding hydrogens is 306 g/mol. The molecule has 1 aliphatic carbocycles. The lowest BCUT2D eigenvalue weighted by Gasteiger charge is -2.09. The van der Waals surface area contributed by atoms with Gasteiger partial charge in [-0.25, -0.2) is 4.79 Å². The number of methoxy groups -OCH3 is 1. The molecule has 5 nitrogen and oxygen atoms in total. The zero-order chi connectivity index (χ0) is 16.9. The summed E-state index contributed by atoms with van der Waals surface area (Å²) in [5.74, 6) is -0.353. The lowest BCUT2D eigenvalue weighted by atomic mass is 10.1. The van der Waals surface area contributed by atoms with E-state index in [0.717, 1.165) is 24.9 Å². The van der Waals surface area contributed by atoms with Crippen molar-refractivity contribution in [2.75, 3.05) is 19.0 Å². The van der Waals surface area contributed by atoms with E-state index < -0.39 is 5.97 Å². The quantitative estimate of drug-likeness (QED) is 0.858. The molecule has 0 saturated carbocycles. The van der Waals surface area contributed by atoms with Crippen LogP contribution in [-0.2, 0) is 22.4 Å². The van der Waals surface area contributed by atoms with E-state index >= 15 is 0 Å². The van der Waals surface area contributed by atoms with Crippen LogP contribution in [0.2, 0.25) is 0 Å². The number of amides is 1. The van der Waals surface area contributed by atoms with Crippen molar-refractivity contribution in [3.8, 4) is 5.75 Å². The van der Waals surface area contributed by atoms with Gasteiger partial charge in [-0.05, 0) is 60.7 Å². The summed E-state index contributed by atoms with van der Waals surface area (Å²) in [5, 5.41) is 2.76. The summed E-state index contributed by atoms with van der Waals surface area (Å²) in [7, 11) is 1.52. The largest absolute Gasteiger partial charge is 0.497 e. The van der Waals surface area contributed by atoms with Gasteiger partial charge in [0.2, 0.25) is 0 Å². The number of anilines is 1. The second-order valence-corrected chi connectivity index (χ2v) is 5.69. The summed E-state index contributed by atoms with van der Waals surface area (Å²) in [6.07, 6.45) is 3.30. The van der Waals surface area contributed by atoms with Crippen molar-refractivity contribution < 1.29 is 19.1 Å². The number of hydrogen-bond acceptors (Lipinski definition) is 4. The minimum Gasteiger partial charge on any atom is -0.497 e. The number of carbonyl (C=O) groups excluding carboxylic acids is 2. The molecule has 0 atom stereocenters. The molecule has 0 radical (unpaired) electrons. The van der Waals surface area contributed by atoms with Crippen LogP contribution < -0.4 is 10.1 Å². The van der Waals surface area contributed by atoms with Gasteiger partial charge < -0.3 is 14.8 Å². The van der Waals surface area contributed by atoms with E-state index in [4.69, 9.17) is 9.47 Å². The van der Waals surface area contributed by atoms with E-state index in [1.165, 1.54) is 18.2 Å². The van der Waals surface area contributed by atoms with Gasteiger partial charge in [-0.2, -0.15) is 0 Å². The van der Waals surface area contributed by atoms with E-state index in [-0.39, 0.29) is 12.5 Å². The smallest absolute Gasteiger partial charge is 0.338 e. The monoisotopic (exact) mass is 325 g/mol. The van der Waals surface area contributed by atoms with Gasteiger partial charge in [0.1, 0.15) is 5.75 Å². The molecule has 0 bridgehead atoms. The van der Waals surface area contributed by atoms with Gasteiger partial charge >= 0.3 is 5.97 Å². The van der Waals surface area contributed by atoms with Gasteiger partial charge in [-0.3, -0.25) is 4.79 Å². The fourth-order valence-corrected chi connectivity index (χ4v) is 2.81. The van der Waals surface area contributed by atoms with Crippen molar-refractivity contribution in [1.29, 1.82) is 0 Å². The van der Waals surface area contributed by atoms with E-state index in [0.29, 0.717) is 11.3 Å². The van der Waals surface area contributed by atoms with Crippen molar-refractivity contribution in [2.45, 2.75) is 19.3 Å². The van der Waals surface area contributed by atoms with E-state index in [9.17, 15) is 9.59 Å². The van der Waals surface area contributed by atoms with Gasteiger partial charge in [0.25, 0.3) is 5.91 Å². The van der Waals surface area contributed by atoms with E-state index in [1.54, 1.807) is 24.3 Å². The first-order valence-electron chi connectivity index (χ1n) is 7.88. The molecule has 0 heterocycles. The summed E-state index contributed by atoms with van der Waals surface area (Å²) in [6.45, 7) is -0.326. The summed E-state index contributed by atoms with van der Waals surface area (Å²) in [4.78, 5) is 23.9. The maximum Gasteiger partial charge on any atom is 0.338 e. The van der Waals surface area contributed by atoms with Gasteiger partial charge in [-0.15, -0.1) is 0 Å². The first kappa shape index (κ1) is 16.1. The van der Waals surface area contributed by atoms with Gasteiger partial charge in [0.15, 0.2) is 6.61 Å². The Kier molecular flexibility index (Phi) is 4.79.